The van der Waals surface area contributed by atoms with Crippen LogP contribution >= 0.6 is 11.3 Å². The first kappa shape index (κ1) is 21.1. The molecule has 0 spiro atoms. The molecule has 7 heteroatoms. The largest absolute Gasteiger partial charge is 0.493 e. The highest BCUT2D eigenvalue weighted by atomic mass is 32.1. The number of aliphatic imine (C=N–C) groups is 1. The van der Waals surface area contributed by atoms with Crippen molar-refractivity contribution >= 4 is 17.3 Å². The van der Waals surface area contributed by atoms with Gasteiger partial charge < -0.3 is 25.2 Å². The molecule has 2 aromatic rings. The first-order valence-corrected chi connectivity index (χ1v) is 9.97. The minimum absolute atomic E-state index is 0.0949. The number of para-hydroxylation sites is 2. The summed E-state index contributed by atoms with van der Waals surface area (Å²) in [6, 6.07) is 9.49. The molecule has 0 bridgehead atoms. The molecule has 3 N–H and O–H groups in total. The number of nitrogens with zero attached hydrogens (tertiary/aromatic N) is 1. The summed E-state index contributed by atoms with van der Waals surface area (Å²) in [5.41, 5.74) is -0.123. The van der Waals surface area contributed by atoms with Gasteiger partial charge in [0.05, 0.1) is 20.2 Å². The number of benzene rings is 1. The normalized spacial score (nSPS) is 14.9. The monoisotopic (exact) mass is 391 g/mol. The topological polar surface area (TPSA) is 75.1 Å². The van der Waals surface area contributed by atoms with Crippen LogP contribution in [0.2, 0.25) is 0 Å². The highest BCUT2D eigenvalue weighted by Gasteiger charge is 2.23. The first-order chi connectivity index (χ1) is 13.0. The highest BCUT2D eigenvalue weighted by Crippen LogP contribution is 2.26. The number of nitrogens with one attached hydrogen (secondary N) is 2. The van der Waals surface area contributed by atoms with Gasteiger partial charge in [-0.15, -0.1) is 0 Å². The second-order valence-electron chi connectivity index (χ2n) is 6.44. The van der Waals surface area contributed by atoms with Crippen LogP contribution in [0.25, 0.3) is 0 Å². The summed E-state index contributed by atoms with van der Waals surface area (Å²) in [7, 11) is 1.63. The quantitative estimate of drug-likeness (QED) is 0.453. The minimum Gasteiger partial charge on any atom is -0.493 e. The van der Waals surface area contributed by atoms with Crippen LogP contribution in [0.4, 0.5) is 0 Å². The Hall–Kier alpha value is -2.25. The van der Waals surface area contributed by atoms with Crippen molar-refractivity contribution in [2.75, 3.05) is 26.7 Å². The summed E-state index contributed by atoms with van der Waals surface area (Å²) in [6.45, 7) is 7.31. The van der Waals surface area contributed by atoms with Crippen molar-refractivity contribution in [1.82, 2.24) is 10.6 Å². The van der Waals surface area contributed by atoms with Gasteiger partial charge in [0, 0.05) is 6.54 Å². The number of aliphatic hydroxyl groups is 1. The lowest BCUT2D eigenvalue weighted by Gasteiger charge is -2.22. The zero-order chi connectivity index (χ0) is 19.7. The Morgan fingerprint density at radius 1 is 1.26 bits per heavy atom. The first-order valence-electron chi connectivity index (χ1n) is 9.03. The van der Waals surface area contributed by atoms with Crippen LogP contribution in [0.5, 0.6) is 11.5 Å². The van der Waals surface area contributed by atoms with Gasteiger partial charge in [0.25, 0.3) is 0 Å². The number of hydrogen-bond donors (Lipinski definition) is 3. The number of hydrogen-bond acceptors (Lipinski definition) is 5. The second kappa shape index (κ2) is 10.2. The van der Waals surface area contributed by atoms with E-state index in [1.165, 1.54) is 0 Å². The molecular weight excluding hydrogens is 362 g/mol. The van der Waals surface area contributed by atoms with Crippen LogP contribution in [0, 0.1) is 0 Å². The van der Waals surface area contributed by atoms with E-state index < -0.39 is 5.60 Å². The maximum atomic E-state index is 10.6. The van der Waals surface area contributed by atoms with Crippen molar-refractivity contribution < 1.29 is 14.6 Å². The van der Waals surface area contributed by atoms with E-state index in [4.69, 9.17) is 9.47 Å². The van der Waals surface area contributed by atoms with Crippen molar-refractivity contribution in [3.63, 3.8) is 0 Å². The zero-order valence-electron chi connectivity index (χ0n) is 16.4. The Kier molecular flexibility index (Phi) is 7.94. The number of rotatable bonds is 9. The fourth-order valence-corrected chi connectivity index (χ4v) is 3.23. The molecule has 2 rings (SSSR count). The standard InChI is InChI=1S/C20H29N3O3S/c1-5-21-19(23-14-20(3,24)16-10-11-27-13-16)22-12-15(2)26-18-9-7-6-8-17(18)25-4/h6-11,13,15,24H,5,12,14H2,1-4H3,(H2,21,22,23). The minimum atomic E-state index is -0.998. The van der Waals surface area contributed by atoms with Gasteiger partial charge in [-0.1, -0.05) is 12.1 Å². The lowest BCUT2D eigenvalue weighted by atomic mass is 10.00. The van der Waals surface area contributed by atoms with Gasteiger partial charge in [-0.05, 0) is 55.3 Å². The van der Waals surface area contributed by atoms with Crippen LogP contribution in [-0.2, 0) is 5.60 Å². The predicted molar refractivity (Wildman–Crippen MR) is 111 cm³/mol. The van der Waals surface area contributed by atoms with Crippen LogP contribution in [0.3, 0.4) is 0 Å². The summed E-state index contributed by atoms with van der Waals surface area (Å²) in [5.74, 6) is 2.05. The van der Waals surface area contributed by atoms with Crippen molar-refractivity contribution in [3.8, 4) is 11.5 Å². The fraction of sp³-hybridized carbons (Fsp3) is 0.450. The van der Waals surface area contributed by atoms with E-state index in [0.717, 1.165) is 12.1 Å². The van der Waals surface area contributed by atoms with E-state index in [9.17, 15) is 5.11 Å². The van der Waals surface area contributed by atoms with E-state index in [1.807, 2.05) is 54.9 Å². The third-order valence-corrected chi connectivity index (χ3v) is 4.67. The SMILES string of the molecule is CCNC(=NCC(C)(O)c1ccsc1)NCC(C)Oc1ccccc1OC. The molecule has 0 saturated heterocycles. The fourth-order valence-electron chi connectivity index (χ4n) is 2.45. The number of ether oxygens (including phenoxy) is 2. The number of methoxy groups -OCH3 is 1. The molecule has 0 aliphatic carbocycles. The van der Waals surface area contributed by atoms with Gasteiger partial charge >= 0.3 is 0 Å². The van der Waals surface area contributed by atoms with Gasteiger partial charge in [0.1, 0.15) is 11.7 Å². The summed E-state index contributed by atoms with van der Waals surface area (Å²) >= 11 is 1.56. The Balaban J connectivity index is 1.93. The van der Waals surface area contributed by atoms with Gasteiger partial charge in [0.2, 0.25) is 0 Å². The van der Waals surface area contributed by atoms with E-state index in [2.05, 4.69) is 15.6 Å². The smallest absolute Gasteiger partial charge is 0.191 e. The lowest BCUT2D eigenvalue weighted by molar-refractivity contribution is 0.0677. The molecule has 0 fully saturated rings. The molecular formula is C20H29N3O3S. The maximum Gasteiger partial charge on any atom is 0.191 e. The van der Waals surface area contributed by atoms with Crippen molar-refractivity contribution in [3.05, 3.63) is 46.7 Å². The lowest BCUT2D eigenvalue weighted by Crippen LogP contribution is -2.42. The van der Waals surface area contributed by atoms with Crippen molar-refractivity contribution in [2.24, 2.45) is 4.99 Å². The molecule has 1 aromatic carbocycles. The summed E-state index contributed by atoms with van der Waals surface area (Å²) in [5, 5.41) is 21.0. The molecule has 2 unspecified atom stereocenters. The van der Waals surface area contributed by atoms with Crippen molar-refractivity contribution in [1.29, 1.82) is 0 Å². The summed E-state index contributed by atoms with van der Waals surface area (Å²) in [6.07, 6.45) is -0.0949. The van der Waals surface area contributed by atoms with E-state index >= 15 is 0 Å². The van der Waals surface area contributed by atoms with Crippen LogP contribution < -0.4 is 20.1 Å². The molecule has 1 aromatic heterocycles. The van der Waals surface area contributed by atoms with E-state index in [-0.39, 0.29) is 12.6 Å². The predicted octanol–water partition coefficient (Wildman–Crippen LogP) is 2.99. The Bertz CT molecular complexity index is 717. The van der Waals surface area contributed by atoms with Crippen LogP contribution in [-0.4, -0.2) is 43.9 Å². The molecule has 0 aliphatic heterocycles. The zero-order valence-corrected chi connectivity index (χ0v) is 17.2. The molecule has 6 nitrogen and oxygen atoms in total. The van der Waals surface area contributed by atoms with Crippen LogP contribution in [0.1, 0.15) is 26.3 Å². The third kappa shape index (κ3) is 6.45. The summed E-state index contributed by atoms with van der Waals surface area (Å²) < 4.78 is 11.3. The molecule has 0 amide bonds. The van der Waals surface area contributed by atoms with E-state index in [0.29, 0.717) is 24.0 Å². The maximum absolute atomic E-state index is 10.6. The highest BCUT2D eigenvalue weighted by molar-refractivity contribution is 7.08. The summed E-state index contributed by atoms with van der Waals surface area (Å²) in [4.78, 5) is 4.52. The Morgan fingerprint density at radius 3 is 2.63 bits per heavy atom. The van der Waals surface area contributed by atoms with Crippen molar-refractivity contribution in [2.45, 2.75) is 32.5 Å². The number of guanidine groups is 1. The van der Waals surface area contributed by atoms with Gasteiger partial charge in [-0.3, -0.25) is 0 Å². The van der Waals surface area contributed by atoms with E-state index in [1.54, 1.807) is 25.4 Å². The average molecular weight is 392 g/mol. The molecule has 2 atom stereocenters. The molecule has 148 valence electrons. The molecule has 0 saturated carbocycles. The van der Waals surface area contributed by atoms with Gasteiger partial charge in [0.15, 0.2) is 17.5 Å². The molecule has 0 radical (unpaired) electrons. The third-order valence-electron chi connectivity index (χ3n) is 3.99. The van der Waals surface area contributed by atoms with Crippen LogP contribution in [0.15, 0.2) is 46.1 Å². The Morgan fingerprint density at radius 2 is 2.00 bits per heavy atom. The number of thiophene rings is 1. The van der Waals surface area contributed by atoms with Gasteiger partial charge in [-0.25, -0.2) is 4.99 Å². The molecule has 0 aliphatic rings. The molecule has 1 heterocycles. The molecule has 27 heavy (non-hydrogen) atoms. The second-order valence-corrected chi connectivity index (χ2v) is 7.22. The van der Waals surface area contributed by atoms with Gasteiger partial charge in [-0.2, -0.15) is 11.3 Å². The Labute approximate surface area is 165 Å². The average Bonchev–Trinajstić information content (AvgIpc) is 3.20.